The summed E-state index contributed by atoms with van der Waals surface area (Å²) in [5.74, 6) is 1.55. The molecule has 0 radical (unpaired) electrons. The van der Waals surface area contributed by atoms with Crippen LogP contribution in [-0.2, 0) is 13.2 Å². The maximum absolute atomic E-state index is 5.98. The lowest BCUT2D eigenvalue weighted by Crippen LogP contribution is -2.37. The van der Waals surface area contributed by atoms with Gasteiger partial charge in [-0.1, -0.05) is 51.1 Å². The molecule has 0 saturated carbocycles. The summed E-state index contributed by atoms with van der Waals surface area (Å²) < 4.78 is 11.5. The van der Waals surface area contributed by atoms with Crippen molar-refractivity contribution in [2.45, 2.75) is 53.8 Å². The number of rotatable bonds is 7. The fraction of sp³-hybridized carbons (Fsp3) is 0.455. The Morgan fingerprint density at radius 1 is 1.04 bits per heavy atom. The van der Waals surface area contributed by atoms with E-state index in [1.54, 1.807) is 7.11 Å². The van der Waals surface area contributed by atoms with Crippen molar-refractivity contribution >= 4 is 0 Å². The summed E-state index contributed by atoms with van der Waals surface area (Å²) >= 11 is 0. The maximum Gasteiger partial charge on any atom is 0.161 e. The van der Waals surface area contributed by atoms with E-state index in [0.29, 0.717) is 12.6 Å². The summed E-state index contributed by atoms with van der Waals surface area (Å²) in [6, 6.07) is 14.8. The lowest BCUT2D eigenvalue weighted by molar-refractivity contribution is 0.280. The third-order valence-corrected chi connectivity index (χ3v) is 4.78. The quantitative estimate of drug-likeness (QED) is 0.759. The van der Waals surface area contributed by atoms with Crippen molar-refractivity contribution in [2.75, 3.05) is 7.11 Å². The van der Waals surface area contributed by atoms with Crippen LogP contribution in [0.2, 0.25) is 0 Å². The zero-order valence-electron chi connectivity index (χ0n) is 16.3. The fourth-order valence-electron chi connectivity index (χ4n) is 2.45. The molecule has 0 amide bonds. The van der Waals surface area contributed by atoms with Crippen LogP contribution in [0, 0.1) is 12.3 Å². The summed E-state index contributed by atoms with van der Waals surface area (Å²) in [5, 5.41) is 3.58. The molecule has 0 aliphatic heterocycles. The molecular formula is C22H31NO2. The number of ether oxygens (including phenoxy) is 2. The first-order chi connectivity index (χ1) is 11.8. The van der Waals surface area contributed by atoms with E-state index in [-0.39, 0.29) is 5.41 Å². The highest BCUT2D eigenvalue weighted by Gasteiger charge is 2.19. The van der Waals surface area contributed by atoms with Gasteiger partial charge in [-0.25, -0.2) is 0 Å². The van der Waals surface area contributed by atoms with Gasteiger partial charge in [0.2, 0.25) is 0 Å². The molecule has 1 N–H and O–H groups in total. The lowest BCUT2D eigenvalue weighted by atomic mass is 9.88. The van der Waals surface area contributed by atoms with Crippen LogP contribution in [0.3, 0.4) is 0 Å². The molecule has 2 aromatic rings. The number of aryl methyl sites for hydroxylation is 1. The van der Waals surface area contributed by atoms with Gasteiger partial charge < -0.3 is 14.8 Å². The SMILES string of the molecule is COc1cc(CNC(C)C(C)(C)C)ccc1OCc1ccccc1C. The average molecular weight is 341 g/mol. The molecule has 0 aliphatic carbocycles. The highest BCUT2D eigenvalue weighted by atomic mass is 16.5. The number of methoxy groups -OCH3 is 1. The first kappa shape index (κ1) is 19.3. The molecule has 2 rings (SSSR count). The summed E-state index contributed by atoms with van der Waals surface area (Å²) in [5.41, 5.74) is 3.85. The van der Waals surface area contributed by atoms with Crippen molar-refractivity contribution in [3.05, 3.63) is 59.2 Å². The van der Waals surface area contributed by atoms with Gasteiger partial charge in [-0.15, -0.1) is 0 Å². The molecule has 3 nitrogen and oxygen atoms in total. The van der Waals surface area contributed by atoms with E-state index in [1.807, 2.05) is 18.2 Å². The minimum absolute atomic E-state index is 0.237. The Labute approximate surface area is 152 Å². The molecule has 0 aliphatic rings. The van der Waals surface area contributed by atoms with Crippen LogP contribution in [0.25, 0.3) is 0 Å². The van der Waals surface area contributed by atoms with Gasteiger partial charge in [0.15, 0.2) is 11.5 Å². The van der Waals surface area contributed by atoms with Crippen molar-refractivity contribution < 1.29 is 9.47 Å². The van der Waals surface area contributed by atoms with Crippen LogP contribution in [0.5, 0.6) is 11.5 Å². The van der Waals surface area contributed by atoms with E-state index < -0.39 is 0 Å². The third kappa shape index (κ3) is 5.50. The van der Waals surface area contributed by atoms with E-state index in [4.69, 9.17) is 9.47 Å². The van der Waals surface area contributed by atoms with Gasteiger partial charge in [-0.2, -0.15) is 0 Å². The van der Waals surface area contributed by atoms with Crippen molar-refractivity contribution in [1.82, 2.24) is 5.32 Å². The monoisotopic (exact) mass is 341 g/mol. The molecule has 0 saturated heterocycles. The predicted molar refractivity (Wildman–Crippen MR) is 104 cm³/mol. The molecule has 0 fully saturated rings. The molecule has 136 valence electrons. The van der Waals surface area contributed by atoms with Gasteiger partial charge in [0.1, 0.15) is 6.61 Å². The first-order valence-corrected chi connectivity index (χ1v) is 8.89. The summed E-state index contributed by atoms with van der Waals surface area (Å²) in [4.78, 5) is 0. The minimum Gasteiger partial charge on any atom is -0.493 e. The van der Waals surface area contributed by atoms with Gasteiger partial charge in [-0.05, 0) is 48.1 Å². The predicted octanol–water partition coefficient (Wildman–Crippen LogP) is 5.11. The Bertz CT molecular complexity index is 689. The van der Waals surface area contributed by atoms with E-state index in [9.17, 15) is 0 Å². The van der Waals surface area contributed by atoms with E-state index in [2.05, 4.69) is 64.2 Å². The van der Waals surface area contributed by atoms with Crippen LogP contribution in [0.15, 0.2) is 42.5 Å². The third-order valence-electron chi connectivity index (χ3n) is 4.78. The Hall–Kier alpha value is -2.00. The topological polar surface area (TPSA) is 30.5 Å². The van der Waals surface area contributed by atoms with Gasteiger partial charge in [-0.3, -0.25) is 0 Å². The molecule has 0 heterocycles. The van der Waals surface area contributed by atoms with Crippen LogP contribution < -0.4 is 14.8 Å². The van der Waals surface area contributed by atoms with Crippen molar-refractivity contribution in [2.24, 2.45) is 5.41 Å². The maximum atomic E-state index is 5.98. The van der Waals surface area contributed by atoms with Crippen LogP contribution in [-0.4, -0.2) is 13.2 Å². The second-order valence-electron chi connectivity index (χ2n) is 7.67. The summed E-state index contributed by atoms with van der Waals surface area (Å²) in [6.07, 6.45) is 0. The zero-order chi connectivity index (χ0) is 18.4. The highest BCUT2D eigenvalue weighted by molar-refractivity contribution is 5.43. The van der Waals surface area contributed by atoms with Crippen LogP contribution in [0.1, 0.15) is 44.4 Å². The second kappa shape index (κ2) is 8.39. The molecular weight excluding hydrogens is 310 g/mol. The van der Waals surface area contributed by atoms with E-state index in [1.165, 1.54) is 16.7 Å². The summed E-state index contributed by atoms with van der Waals surface area (Å²) in [6.45, 7) is 12.4. The van der Waals surface area contributed by atoms with Crippen molar-refractivity contribution in [3.63, 3.8) is 0 Å². The normalized spacial score (nSPS) is 12.7. The van der Waals surface area contributed by atoms with Crippen molar-refractivity contribution in [1.29, 1.82) is 0 Å². The van der Waals surface area contributed by atoms with E-state index in [0.717, 1.165) is 18.0 Å². The summed E-state index contributed by atoms with van der Waals surface area (Å²) in [7, 11) is 1.69. The molecule has 2 aromatic carbocycles. The Balaban J connectivity index is 2.02. The standard InChI is InChI=1S/C22H31NO2/c1-16-9-7-8-10-19(16)15-25-20-12-11-18(13-21(20)24-6)14-23-17(2)22(3,4)5/h7-13,17,23H,14-15H2,1-6H3. The van der Waals surface area contributed by atoms with E-state index >= 15 is 0 Å². The van der Waals surface area contributed by atoms with Crippen LogP contribution in [0.4, 0.5) is 0 Å². The Morgan fingerprint density at radius 3 is 2.40 bits per heavy atom. The van der Waals surface area contributed by atoms with Gasteiger partial charge in [0, 0.05) is 12.6 Å². The Kier molecular flexibility index (Phi) is 6.49. The molecule has 25 heavy (non-hydrogen) atoms. The Morgan fingerprint density at radius 2 is 1.76 bits per heavy atom. The highest BCUT2D eigenvalue weighted by Crippen LogP contribution is 2.29. The average Bonchev–Trinajstić information content (AvgIpc) is 2.58. The number of hydrogen-bond acceptors (Lipinski definition) is 3. The largest absolute Gasteiger partial charge is 0.493 e. The smallest absolute Gasteiger partial charge is 0.161 e. The number of benzene rings is 2. The minimum atomic E-state index is 0.237. The van der Waals surface area contributed by atoms with Crippen LogP contribution >= 0.6 is 0 Å². The van der Waals surface area contributed by atoms with Gasteiger partial charge >= 0.3 is 0 Å². The van der Waals surface area contributed by atoms with Gasteiger partial charge in [0.25, 0.3) is 0 Å². The van der Waals surface area contributed by atoms with Gasteiger partial charge in [0.05, 0.1) is 7.11 Å². The lowest BCUT2D eigenvalue weighted by Gasteiger charge is -2.28. The molecule has 0 bridgehead atoms. The second-order valence-corrected chi connectivity index (χ2v) is 7.67. The molecule has 0 aromatic heterocycles. The zero-order valence-corrected chi connectivity index (χ0v) is 16.3. The molecule has 3 heteroatoms. The van der Waals surface area contributed by atoms with Crippen molar-refractivity contribution in [3.8, 4) is 11.5 Å². The first-order valence-electron chi connectivity index (χ1n) is 8.89. The number of hydrogen-bond donors (Lipinski definition) is 1. The molecule has 1 atom stereocenters. The number of nitrogens with one attached hydrogen (secondary N) is 1. The molecule has 1 unspecified atom stereocenters. The fourth-order valence-corrected chi connectivity index (χ4v) is 2.45. The molecule has 0 spiro atoms.